The van der Waals surface area contributed by atoms with Crippen molar-refractivity contribution in [2.24, 2.45) is 17.8 Å². The maximum absolute atomic E-state index is 13.1. The van der Waals surface area contributed by atoms with Gasteiger partial charge in [0.25, 0.3) is 0 Å². The smallest absolute Gasteiger partial charge is 0.462 e. The average molecular weight is 1480 g/mol. The second-order valence-electron chi connectivity index (χ2n) is 30.7. The zero-order valence-corrected chi connectivity index (χ0v) is 68.2. The number of hydrogen-bond acceptors (Lipinski definition) is 15. The Balaban J connectivity index is 5.25. The van der Waals surface area contributed by atoms with Crippen LogP contribution in [0, 0.1) is 17.8 Å². The van der Waals surface area contributed by atoms with Gasteiger partial charge in [0, 0.05) is 25.7 Å². The standard InChI is InChI=1S/C82H160O17P2/c1-8-10-11-12-13-14-15-16-17-18-19-20-21-26-29-36-44-51-58-65-81(86)98-77(69-92-79(84)63-56-49-42-35-28-25-23-22-24-27-34-41-48-55-62-75(7)9-2)71-96-100(88,89)94-67-76(83)68-95-101(90,91)97-72-78(99-82(87)66-59-52-45-38-31-33-40-47-54-61-74(5)6)70-93-80(85)64-57-50-43-37-30-32-39-46-53-60-73(3)4/h73-78,83H,8-72H2,1-7H3,(H,88,89)(H,90,91)/t75?,76-,77-,78-/m1/s1. The van der Waals surface area contributed by atoms with E-state index in [1.165, 1.54) is 238 Å². The van der Waals surface area contributed by atoms with Crippen molar-refractivity contribution in [3.05, 3.63) is 0 Å². The molecule has 0 bridgehead atoms. The van der Waals surface area contributed by atoms with Crippen molar-refractivity contribution in [2.75, 3.05) is 39.6 Å². The number of carbonyl (C=O) groups is 4. The van der Waals surface area contributed by atoms with Gasteiger partial charge in [-0.15, -0.1) is 0 Å². The van der Waals surface area contributed by atoms with Crippen LogP contribution in [-0.4, -0.2) is 96.7 Å². The normalized spacial score (nSPS) is 14.2. The van der Waals surface area contributed by atoms with Crippen molar-refractivity contribution < 1.29 is 80.2 Å². The van der Waals surface area contributed by atoms with E-state index in [9.17, 15) is 43.2 Å². The molecule has 0 saturated carbocycles. The number of ether oxygens (including phenoxy) is 4. The molecule has 101 heavy (non-hydrogen) atoms. The molecule has 19 heteroatoms. The highest BCUT2D eigenvalue weighted by Crippen LogP contribution is 2.45. The minimum Gasteiger partial charge on any atom is -0.462 e. The molecular formula is C82H160O17P2. The first kappa shape index (κ1) is 99.1. The van der Waals surface area contributed by atoms with Gasteiger partial charge in [0.1, 0.15) is 19.3 Å². The van der Waals surface area contributed by atoms with Crippen molar-refractivity contribution in [3.63, 3.8) is 0 Å². The number of phosphoric acid groups is 2. The summed E-state index contributed by atoms with van der Waals surface area (Å²) < 4.78 is 68.8. The van der Waals surface area contributed by atoms with Gasteiger partial charge in [-0.05, 0) is 43.4 Å². The third-order valence-corrected chi connectivity index (χ3v) is 21.4. The average Bonchev–Trinajstić information content (AvgIpc) is 0.957. The van der Waals surface area contributed by atoms with Crippen LogP contribution in [0.3, 0.4) is 0 Å². The largest absolute Gasteiger partial charge is 0.472 e. The number of aliphatic hydroxyl groups excluding tert-OH is 1. The lowest BCUT2D eigenvalue weighted by Gasteiger charge is -2.21. The molecular weight excluding hydrogens is 1320 g/mol. The molecule has 0 aromatic heterocycles. The number of aliphatic hydroxyl groups is 1. The fraction of sp³-hybridized carbons (Fsp3) is 0.951. The predicted molar refractivity (Wildman–Crippen MR) is 414 cm³/mol. The van der Waals surface area contributed by atoms with Gasteiger partial charge in [0.05, 0.1) is 26.4 Å². The number of hydrogen-bond donors (Lipinski definition) is 3. The minimum atomic E-state index is -4.96. The highest BCUT2D eigenvalue weighted by Gasteiger charge is 2.30. The molecule has 0 heterocycles. The fourth-order valence-electron chi connectivity index (χ4n) is 12.6. The summed E-state index contributed by atoms with van der Waals surface area (Å²) in [6.45, 7) is 12.0. The molecule has 3 N–H and O–H groups in total. The van der Waals surface area contributed by atoms with E-state index >= 15 is 0 Å². The Morgan fingerprint density at radius 2 is 0.505 bits per heavy atom. The molecule has 0 spiro atoms. The van der Waals surface area contributed by atoms with Crippen LogP contribution in [0.4, 0.5) is 0 Å². The number of unbranched alkanes of at least 4 members (excludes halogenated alkanes) is 47. The van der Waals surface area contributed by atoms with Crippen LogP contribution in [0.15, 0.2) is 0 Å². The van der Waals surface area contributed by atoms with Crippen molar-refractivity contribution in [1.29, 1.82) is 0 Å². The number of rotatable bonds is 80. The van der Waals surface area contributed by atoms with Gasteiger partial charge in [0.15, 0.2) is 12.2 Å². The van der Waals surface area contributed by atoms with Gasteiger partial charge in [-0.1, -0.05) is 376 Å². The molecule has 0 rings (SSSR count). The Labute approximate surface area is 619 Å². The maximum Gasteiger partial charge on any atom is 0.472 e. The van der Waals surface area contributed by atoms with Crippen LogP contribution in [0.2, 0.25) is 0 Å². The molecule has 0 aromatic rings. The van der Waals surface area contributed by atoms with E-state index in [4.69, 9.17) is 37.0 Å². The summed E-state index contributed by atoms with van der Waals surface area (Å²) in [5, 5.41) is 10.6. The molecule has 0 fully saturated rings. The minimum absolute atomic E-state index is 0.105. The quantitative estimate of drug-likeness (QED) is 0.0222. The Bertz CT molecular complexity index is 1960. The summed E-state index contributed by atoms with van der Waals surface area (Å²) in [6.07, 6.45) is 61.0. The van der Waals surface area contributed by atoms with Crippen LogP contribution in [0.25, 0.3) is 0 Å². The van der Waals surface area contributed by atoms with Crippen molar-refractivity contribution in [3.8, 4) is 0 Å². The summed E-state index contributed by atoms with van der Waals surface area (Å²) >= 11 is 0. The van der Waals surface area contributed by atoms with Gasteiger partial charge >= 0.3 is 39.5 Å². The predicted octanol–water partition coefficient (Wildman–Crippen LogP) is 24.5. The van der Waals surface area contributed by atoms with E-state index in [1.54, 1.807) is 0 Å². The van der Waals surface area contributed by atoms with E-state index in [2.05, 4.69) is 48.5 Å². The summed E-state index contributed by atoms with van der Waals surface area (Å²) in [5.41, 5.74) is 0. The Morgan fingerprint density at radius 1 is 0.287 bits per heavy atom. The van der Waals surface area contributed by atoms with E-state index in [1.807, 2.05) is 0 Å². The lowest BCUT2D eigenvalue weighted by Crippen LogP contribution is -2.30. The number of carbonyl (C=O) groups excluding carboxylic acids is 4. The summed E-state index contributed by atoms with van der Waals surface area (Å²) in [5.74, 6) is 0.220. The molecule has 17 nitrogen and oxygen atoms in total. The Kier molecular flexibility index (Phi) is 70.9. The molecule has 0 amide bonds. The van der Waals surface area contributed by atoms with Gasteiger partial charge in [-0.3, -0.25) is 37.3 Å². The van der Waals surface area contributed by atoms with E-state index in [0.29, 0.717) is 25.7 Å². The maximum atomic E-state index is 13.1. The van der Waals surface area contributed by atoms with Crippen LogP contribution in [0.5, 0.6) is 0 Å². The first-order chi connectivity index (χ1) is 48.8. The zero-order chi connectivity index (χ0) is 74.4. The van der Waals surface area contributed by atoms with Crippen molar-refractivity contribution >= 4 is 39.5 Å². The summed E-state index contributed by atoms with van der Waals surface area (Å²) in [4.78, 5) is 73.1. The van der Waals surface area contributed by atoms with Crippen LogP contribution in [-0.2, 0) is 65.4 Å². The Hall–Kier alpha value is -1.94. The third kappa shape index (κ3) is 74.7. The first-order valence-corrected chi connectivity index (χ1v) is 45.4. The second-order valence-corrected chi connectivity index (χ2v) is 33.6. The molecule has 3 unspecified atom stereocenters. The van der Waals surface area contributed by atoms with Crippen molar-refractivity contribution in [1.82, 2.24) is 0 Å². The molecule has 6 atom stereocenters. The highest BCUT2D eigenvalue weighted by atomic mass is 31.2. The van der Waals surface area contributed by atoms with E-state index < -0.39 is 97.5 Å². The molecule has 0 aliphatic heterocycles. The van der Waals surface area contributed by atoms with Crippen LogP contribution < -0.4 is 0 Å². The van der Waals surface area contributed by atoms with Gasteiger partial charge in [-0.2, -0.15) is 0 Å². The molecule has 0 aliphatic rings. The van der Waals surface area contributed by atoms with Crippen LogP contribution >= 0.6 is 15.6 Å². The lowest BCUT2D eigenvalue weighted by molar-refractivity contribution is -0.161. The van der Waals surface area contributed by atoms with E-state index in [-0.39, 0.29) is 25.7 Å². The third-order valence-electron chi connectivity index (χ3n) is 19.5. The molecule has 0 aliphatic carbocycles. The monoisotopic (exact) mass is 1480 g/mol. The van der Waals surface area contributed by atoms with Gasteiger partial charge in [0.2, 0.25) is 0 Å². The summed E-state index contributed by atoms with van der Waals surface area (Å²) in [7, 11) is -9.92. The van der Waals surface area contributed by atoms with E-state index in [0.717, 1.165) is 108 Å². The molecule has 600 valence electrons. The first-order valence-electron chi connectivity index (χ1n) is 42.4. The highest BCUT2D eigenvalue weighted by molar-refractivity contribution is 7.47. The molecule has 0 saturated heterocycles. The fourth-order valence-corrected chi connectivity index (χ4v) is 14.2. The lowest BCUT2D eigenvalue weighted by atomic mass is 9.99. The van der Waals surface area contributed by atoms with Gasteiger partial charge in [-0.25, -0.2) is 9.13 Å². The topological polar surface area (TPSA) is 237 Å². The second kappa shape index (κ2) is 72.3. The Morgan fingerprint density at radius 3 is 0.752 bits per heavy atom. The molecule has 0 aromatic carbocycles. The SMILES string of the molecule is CCCCCCCCCCCCCCCCCCCCCC(=O)O[C@H](COC(=O)CCCCCCCCCCCCCCCCC(C)CC)COP(=O)(O)OC[C@@H](O)COP(=O)(O)OC[C@@H](COC(=O)CCCCCCCCCCCC(C)C)OC(=O)CCCCCCCCCCCC(C)C. The summed E-state index contributed by atoms with van der Waals surface area (Å²) in [6, 6.07) is 0. The van der Waals surface area contributed by atoms with Crippen molar-refractivity contribution in [2.45, 2.75) is 446 Å². The zero-order valence-electron chi connectivity index (χ0n) is 66.4. The molecule has 0 radical (unpaired) electrons. The number of esters is 4. The number of phosphoric ester groups is 2. The van der Waals surface area contributed by atoms with Gasteiger partial charge < -0.3 is 33.8 Å². The van der Waals surface area contributed by atoms with Crippen LogP contribution in [0.1, 0.15) is 427 Å².